The van der Waals surface area contributed by atoms with Gasteiger partial charge in [0, 0.05) is 0 Å². The van der Waals surface area contributed by atoms with Gasteiger partial charge in [0.1, 0.15) is 10.8 Å². The van der Waals surface area contributed by atoms with Gasteiger partial charge in [0.15, 0.2) is 0 Å². The first-order valence-corrected chi connectivity index (χ1v) is 12.1. The van der Waals surface area contributed by atoms with Crippen LogP contribution in [0.1, 0.15) is 60.4 Å². The van der Waals surface area contributed by atoms with E-state index in [4.69, 9.17) is 0 Å². The second-order valence-electron chi connectivity index (χ2n) is 8.89. The molecule has 3 aliphatic rings. The maximum atomic E-state index is 12.7. The van der Waals surface area contributed by atoms with Crippen LogP contribution in [-0.2, 0) is 47.7 Å². The summed E-state index contributed by atoms with van der Waals surface area (Å²) in [6, 6.07) is 4.55. The van der Waals surface area contributed by atoms with Gasteiger partial charge in [-0.25, -0.2) is 4.21 Å². The van der Waals surface area contributed by atoms with Gasteiger partial charge in [0.05, 0.1) is 29.8 Å². The lowest BCUT2D eigenvalue weighted by atomic mass is 9.91. The van der Waals surface area contributed by atoms with Crippen LogP contribution in [0.25, 0.3) is 0 Å². The molecule has 0 saturated carbocycles. The number of rotatable bonds is 5. The standard InChI is InChI=1S/C23H30N4O2S/c1-23(10-5-11-27(23)2)18(14-24)15-25-30(29)26-22(28)13-21-19-8-3-6-16(19)12-17-7-4-9-20(17)21/h12,15,30H,3-11,13H2,1-2H3,(H,25,26,28,29)/b18-15-/t23-/m1/s1. The molecule has 0 radical (unpaired) electrons. The molecule has 1 heterocycles. The highest BCUT2D eigenvalue weighted by molar-refractivity contribution is 7.73. The molecule has 6 nitrogen and oxygen atoms in total. The maximum Gasteiger partial charge on any atom is 0.236 e. The molecule has 0 bridgehead atoms. The highest BCUT2D eigenvalue weighted by Gasteiger charge is 2.37. The molecule has 2 atom stereocenters. The third-order valence-corrected chi connectivity index (χ3v) is 7.91. The molecule has 1 aliphatic heterocycles. The van der Waals surface area contributed by atoms with Crippen molar-refractivity contribution in [1.82, 2.24) is 9.62 Å². The van der Waals surface area contributed by atoms with Gasteiger partial charge < -0.3 is 0 Å². The highest BCUT2D eigenvalue weighted by atomic mass is 32.2. The van der Waals surface area contributed by atoms with E-state index in [0.717, 1.165) is 63.5 Å². The number of hydrogen-bond acceptors (Lipinski definition) is 5. The zero-order valence-electron chi connectivity index (χ0n) is 17.8. The second-order valence-corrected chi connectivity index (χ2v) is 9.89. The number of thiol groups is 1. The number of fused-ring (bicyclic) bond motifs is 2. The molecule has 1 fully saturated rings. The van der Waals surface area contributed by atoms with Gasteiger partial charge in [0.2, 0.25) is 5.91 Å². The number of amides is 1. The molecule has 1 aromatic carbocycles. The fraction of sp³-hybridized carbons (Fsp3) is 0.565. The fourth-order valence-corrected chi connectivity index (χ4v) is 5.89. The van der Waals surface area contributed by atoms with Crippen molar-refractivity contribution >= 4 is 16.7 Å². The van der Waals surface area contributed by atoms with Crippen LogP contribution >= 0.6 is 0 Å². The third-order valence-electron chi connectivity index (χ3n) is 7.15. The van der Waals surface area contributed by atoms with Crippen molar-refractivity contribution in [1.29, 1.82) is 5.26 Å². The van der Waals surface area contributed by atoms with Crippen LogP contribution in [0.3, 0.4) is 0 Å². The smallest absolute Gasteiger partial charge is 0.236 e. The minimum absolute atomic E-state index is 0.259. The number of nitrogens with one attached hydrogen (secondary N) is 1. The summed E-state index contributed by atoms with van der Waals surface area (Å²) in [5.74, 6) is -0.259. The molecule has 7 heteroatoms. The summed E-state index contributed by atoms with van der Waals surface area (Å²) in [6.07, 6.45) is 10.1. The summed E-state index contributed by atoms with van der Waals surface area (Å²) in [6.45, 7) is 2.93. The van der Waals surface area contributed by atoms with E-state index in [1.807, 2.05) is 14.0 Å². The molecule has 1 N–H and O–H groups in total. The van der Waals surface area contributed by atoms with Crippen molar-refractivity contribution in [3.05, 3.63) is 45.7 Å². The second kappa shape index (κ2) is 8.52. The molecular formula is C23H30N4O2S. The Morgan fingerprint density at radius 3 is 2.50 bits per heavy atom. The van der Waals surface area contributed by atoms with Crippen LogP contribution in [0, 0.1) is 11.3 Å². The van der Waals surface area contributed by atoms with Crippen molar-refractivity contribution in [2.24, 2.45) is 4.36 Å². The van der Waals surface area contributed by atoms with Crippen LogP contribution < -0.4 is 4.72 Å². The quantitative estimate of drug-likeness (QED) is 0.560. The molecule has 1 amide bonds. The van der Waals surface area contributed by atoms with Gasteiger partial charge in [-0.15, -0.1) is 0 Å². The van der Waals surface area contributed by atoms with E-state index in [0.29, 0.717) is 5.57 Å². The summed E-state index contributed by atoms with van der Waals surface area (Å²) in [5, 5.41) is 9.55. The monoisotopic (exact) mass is 426 g/mol. The number of hydrogen-bond donors (Lipinski definition) is 2. The first-order valence-electron chi connectivity index (χ1n) is 10.9. The normalized spacial score (nSPS) is 24.5. The van der Waals surface area contributed by atoms with Crippen LogP contribution in [0.5, 0.6) is 0 Å². The number of nitrogens with zero attached hydrogens (tertiary/aromatic N) is 3. The lowest BCUT2D eigenvalue weighted by molar-refractivity contribution is -0.118. The molecule has 4 rings (SSSR count). The van der Waals surface area contributed by atoms with E-state index >= 15 is 0 Å². The first-order chi connectivity index (χ1) is 14.4. The van der Waals surface area contributed by atoms with E-state index in [2.05, 4.69) is 26.1 Å². The van der Waals surface area contributed by atoms with Crippen molar-refractivity contribution in [3.8, 4) is 6.07 Å². The Morgan fingerprint density at radius 2 is 1.93 bits per heavy atom. The van der Waals surface area contributed by atoms with Crippen LogP contribution in [0.15, 0.2) is 22.2 Å². The molecule has 1 unspecified atom stereocenters. The lowest BCUT2D eigenvalue weighted by Crippen LogP contribution is -2.39. The number of aryl methyl sites for hydroxylation is 2. The number of likely N-dealkylation sites (N-methyl/N-ethyl adjacent to an activating group) is 1. The highest BCUT2D eigenvalue weighted by Crippen LogP contribution is 2.35. The zero-order chi connectivity index (χ0) is 21.3. The average molecular weight is 427 g/mol. The molecule has 0 spiro atoms. The zero-order valence-corrected chi connectivity index (χ0v) is 18.7. The van der Waals surface area contributed by atoms with Crippen LogP contribution in [0.2, 0.25) is 0 Å². The molecule has 1 saturated heterocycles. The molecule has 160 valence electrons. The van der Waals surface area contributed by atoms with E-state index in [9.17, 15) is 14.3 Å². The summed E-state index contributed by atoms with van der Waals surface area (Å²) >= 11 is 0. The number of benzene rings is 1. The van der Waals surface area contributed by atoms with E-state index in [1.54, 1.807) is 0 Å². The molecule has 0 aromatic heterocycles. The lowest BCUT2D eigenvalue weighted by Gasteiger charge is -2.31. The summed E-state index contributed by atoms with van der Waals surface area (Å²) < 4.78 is 19.0. The Hall–Kier alpha value is -2.17. The van der Waals surface area contributed by atoms with Crippen molar-refractivity contribution < 1.29 is 9.00 Å². The van der Waals surface area contributed by atoms with Gasteiger partial charge in [-0.3, -0.25) is 14.4 Å². The van der Waals surface area contributed by atoms with Crippen LogP contribution in [0.4, 0.5) is 0 Å². The van der Waals surface area contributed by atoms with Gasteiger partial charge in [-0.05, 0) is 99.7 Å². The largest absolute Gasteiger partial charge is 0.296 e. The van der Waals surface area contributed by atoms with Crippen LogP contribution in [-0.4, -0.2) is 34.1 Å². The number of nitriles is 1. The van der Waals surface area contributed by atoms with E-state index in [1.165, 1.54) is 28.5 Å². The minimum Gasteiger partial charge on any atom is -0.296 e. The molecular weight excluding hydrogens is 396 g/mol. The fourth-order valence-electron chi connectivity index (χ4n) is 5.32. The van der Waals surface area contributed by atoms with E-state index in [-0.39, 0.29) is 17.9 Å². The first kappa shape index (κ1) is 21.1. The Morgan fingerprint density at radius 1 is 1.27 bits per heavy atom. The molecule has 2 aliphatic carbocycles. The SMILES string of the molecule is CN1CCC[C@]1(C)/C(C#N)=C\N=[SH](=O)\NC(=O)Cc1c2c(cc3c1CCC3)CCC2. The van der Waals surface area contributed by atoms with Crippen molar-refractivity contribution in [3.63, 3.8) is 0 Å². The maximum absolute atomic E-state index is 12.7. The van der Waals surface area contributed by atoms with Gasteiger partial charge >= 0.3 is 0 Å². The van der Waals surface area contributed by atoms with Gasteiger partial charge in [-0.2, -0.15) is 9.62 Å². The average Bonchev–Trinajstić information content (AvgIpc) is 3.43. The third kappa shape index (κ3) is 3.91. The predicted octanol–water partition coefficient (Wildman–Crippen LogP) is 2.79. The molecule has 30 heavy (non-hydrogen) atoms. The summed E-state index contributed by atoms with van der Waals surface area (Å²) in [4.78, 5) is 14.8. The van der Waals surface area contributed by atoms with Crippen molar-refractivity contribution in [2.45, 2.75) is 70.3 Å². The Labute approximate surface area is 180 Å². The number of carbonyl (C=O) groups is 1. The number of likely N-dealkylation sites (tertiary alicyclic amines) is 1. The Kier molecular flexibility index (Phi) is 5.99. The topological polar surface area (TPSA) is 85.6 Å². The Bertz CT molecular complexity index is 1000. The van der Waals surface area contributed by atoms with E-state index < -0.39 is 10.8 Å². The minimum atomic E-state index is -2.29. The van der Waals surface area contributed by atoms with Gasteiger partial charge in [0.25, 0.3) is 0 Å². The Balaban J connectivity index is 1.49. The molecule has 1 aromatic rings. The van der Waals surface area contributed by atoms with Gasteiger partial charge in [-0.1, -0.05) is 6.07 Å². The number of carbonyl (C=O) groups excluding carboxylic acids is 1. The predicted molar refractivity (Wildman–Crippen MR) is 118 cm³/mol. The summed E-state index contributed by atoms with van der Waals surface area (Å²) in [7, 11) is -0.305. The summed E-state index contributed by atoms with van der Waals surface area (Å²) in [5.41, 5.74) is 6.71. The van der Waals surface area contributed by atoms with Crippen molar-refractivity contribution in [2.75, 3.05) is 13.6 Å².